The van der Waals surface area contributed by atoms with Crippen molar-refractivity contribution in [2.75, 3.05) is 0 Å². The summed E-state index contributed by atoms with van der Waals surface area (Å²) in [6.45, 7) is 0.00213. The van der Waals surface area contributed by atoms with E-state index in [0.717, 1.165) is 5.56 Å². The highest BCUT2D eigenvalue weighted by Crippen LogP contribution is 2.20. The van der Waals surface area contributed by atoms with Crippen LogP contribution in [0.2, 0.25) is 0 Å². The number of ether oxygens (including phenoxy) is 1. The molecule has 0 aliphatic carbocycles. The molecule has 0 bridgehead atoms. The summed E-state index contributed by atoms with van der Waals surface area (Å²) in [5.74, 6) is 0.153. The smallest absolute Gasteiger partial charge is 0.310 e. The lowest BCUT2D eigenvalue weighted by Gasteiger charge is -2.02. The van der Waals surface area contributed by atoms with Gasteiger partial charge in [0.1, 0.15) is 12.3 Å². The second-order valence-corrected chi connectivity index (χ2v) is 5.31. The number of hydrogen-bond donors (Lipinski definition) is 0. The predicted octanol–water partition coefficient (Wildman–Crippen LogP) is 3.54. The number of carbonyl (C=O) groups excluding carboxylic acids is 1. The van der Waals surface area contributed by atoms with Crippen LogP contribution in [-0.4, -0.2) is 16.0 Å². The number of benzene rings is 2. The Morgan fingerprint density at radius 1 is 1.12 bits per heavy atom. The van der Waals surface area contributed by atoms with Gasteiger partial charge in [-0.25, -0.2) is 0 Å². The van der Waals surface area contributed by atoms with E-state index in [-0.39, 0.29) is 18.7 Å². The van der Waals surface area contributed by atoms with E-state index in [1.54, 1.807) is 6.07 Å². The molecule has 2 aromatic carbocycles. The van der Waals surface area contributed by atoms with Gasteiger partial charge in [-0.1, -0.05) is 47.6 Å². The molecule has 25 heavy (non-hydrogen) atoms. The largest absolute Gasteiger partial charge is 0.459 e. The Morgan fingerprint density at radius 3 is 2.52 bits per heavy atom. The molecule has 7 heteroatoms. The summed E-state index contributed by atoms with van der Waals surface area (Å²) < 4.78 is 10.4. The van der Waals surface area contributed by atoms with E-state index in [0.29, 0.717) is 17.0 Å². The number of nitro groups is 1. The first-order valence-electron chi connectivity index (χ1n) is 7.52. The Labute approximate surface area is 143 Å². The second kappa shape index (κ2) is 7.39. The van der Waals surface area contributed by atoms with Crippen LogP contribution in [0.5, 0.6) is 0 Å². The fourth-order valence-corrected chi connectivity index (χ4v) is 2.23. The van der Waals surface area contributed by atoms with Crippen LogP contribution in [0, 0.1) is 10.1 Å². The number of esters is 1. The van der Waals surface area contributed by atoms with Crippen LogP contribution < -0.4 is 0 Å². The maximum absolute atomic E-state index is 11.9. The first-order chi connectivity index (χ1) is 12.1. The summed E-state index contributed by atoms with van der Waals surface area (Å²) in [6, 6.07) is 17.0. The van der Waals surface area contributed by atoms with E-state index < -0.39 is 10.9 Å². The Kier molecular flexibility index (Phi) is 4.84. The maximum atomic E-state index is 11.9. The van der Waals surface area contributed by atoms with Gasteiger partial charge < -0.3 is 9.26 Å². The summed E-state index contributed by atoms with van der Waals surface area (Å²) >= 11 is 0. The van der Waals surface area contributed by atoms with Crippen LogP contribution in [0.1, 0.15) is 11.3 Å². The predicted molar refractivity (Wildman–Crippen MR) is 88.5 cm³/mol. The molecule has 0 N–H and O–H groups in total. The minimum Gasteiger partial charge on any atom is -0.459 e. The molecule has 0 fully saturated rings. The molecule has 7 nitrogen and oxygen atoms in total. The molecule has 0 saturated carbocycles. The minimum atomic E-state index is -0.489. The lowest BCUT2D eigenvalue weighted by atomic mass is 10.1. The van der Waals surface area contributed by atoms with Crippen LogP contribution in [0.3, 0.4) is 0 Å². The van der Waals surface area contributed by atoms with Crippen LogP contribution >= 0.6 is 0 Å². The summed E-state index contributed by atoms with van der Waals surface area (Å²) in [7, 11) is 0. The molecule has 126 valence electrons. The highest BCUT2D eigenvalue weighted by atomic mass is 16.6. The molecular formula is C18H14N2O5. The molecule has 0 spiro atoms. The summed E-state index contributed by atoms with van der Waals surface area (Å²) in [5, 5.41) is 14.5. The van der Waals surface area contributed by atoms with Gasteiger partial charge in [0.15, 0.2) is 5.76 Å². The van der Waals surface area contributed by atoms with Gasteiger partial charge in [-0.05, 0) is 5.56 Å². The van der Waals surface area contributed by atoms with Gasteiger partial charge in [0.25, 0.3) is 5.69 Å². The van der Waals surface area contributed by atoms with Crippen LogP contribution in [0.25, 0.3) is 11.3 Å². The van der Waals surface area contributed by atoms with Crippen LogP contribution in [0.4, 0.5) is 5.69 Å². The molecule has 0 saturated heterocycles. The number of hydrogen-bond acceptors (Lipinski definition) is 6. The Morgan fingerprint density at radius 2 is 1.84 bits per heavy atom. The highest BCUT2D eigenvalue weighted by molar-refractivity contribution is 5.72. The third kappa shape index (κ3) is 4.29. The third-order valence-corrected chi connectivity index (χ3v) is 3.49. The average molecular weight is 338 g/mol. The molecule has 0 atom stereocenters. The fraction of sp³-hybridized carbons (Fsp3) is 0.111. The fourth-order valence-electron chi connectivity index (χ4n) is 2.23. The van der Waals surface area contributed by atoms with E-state index in [2.05, 4.69) is 5.16 Å². The summed E-state index contributed by atoms with van der Waals surface area (Å²) in [4.78, 5) is 22.0. The lowest BCUT2D eigenvalue weighted by molar-refractivity contribution is -0.384. The normalized spacial score (nSPS) is 10.4. The van der Waals surface area contributed by atoms with Gasteiger partial charge in [0.2, 0.25) is 0 Å². The van der Waals surface area contributed by atoms with Gasteiger partial charge in [0.05, 0.1) is 11.3 Å². The second-order valence-electron chi connectivity index (χ2n) is 5.31. The Hall–Kier alpha value is -3.48. The zero-order chi connectivity index (χ0) is 17.6. The van der Waals surface area contributed by atoms with E-state index in [9.17, 15) is 14.9 Å². The number of aromatic nitrogens is 1. The number of carbonyl (C=O) groups is 1. The van der Waals surface area contributed by atoms with Crippen molar-refractivity contribution in [1.82, 2.24) is 5.16 Å². The van der Waals surface area contributed by atoms with Crippen LogP contribution in [-0.2, 0) is 22.6 Å². The molecule has 3 aromatic rings. The molecule has 0 amide bonds. The van der Waals surface area contributed by atoms with Crippen molar-refractivity contribution in [2.24, 2.45) is 0 Å². The Balaban J connectivity index is 1.54. The van der Waals surface area contributed by atoms with Gasteiger partial charge >= 0.3 is 5.97 Å². The van der Waals surface area contributed by atoms with E-state index in [1.165, 1.54) is 24.3 Å². The summed E-state index contributed by atoms with van der Waals surface area (Å²) in [6.07, 6.45) is 0.0292. The Bertz CT molecular complexity index is 872. The van der Waals surface area contributed by atoms with Crippen molar-refractivity contribution < 1.29 is 19.0 Å². The van der Waals surface area contributed by atoms with Crippen molar-refractivity contribution in [2.45, 2.75) is 13.0 Å². The molecule has 0 radical (unpaired) electrons. The van der Waals surface area contributed by atoms with Gasteiger partial charge in [-0.2, -0.15) is 0 Å². The summed E-state index contributed by atoms with van der Waals surface area (Å²) in [5.41, 5.74) is 2.02. The zero-order valence-electron chi connectivity index (χ0n) is 13.1. The molecule has 0 aliphatic heterocycles. The van der Waals surface area contributed by atoms with Crippen molar-refractivity contribution in [3.63, 3.8) is 0 Å². The van der Waals surface area contributed by atoms with Gasteiger partial charge in [-0.15, -0.1) is 0 Å². The zero-order valence-corrected chi connectivity index (χ0v) is 13.1. The number of nitro benzene ring substituents is 1. The van der Waals surface area contributed by atoms with Gasteiger partial charge in [0, 0.05) is 23.8 Å². The van der Waals surface area contributed by atoms with Crippen molar-refractivity contribution in [3.8, 4) is 11.3 Å². The standard InChI is InChI=1S/C18H14N2O5/c21-18(10-13-6-8-16(9-7-13)20(22)23)24-12-15-11-17(25-19-15)14-4-2-1-3-5-14/h1-9,11H,10,12H2. The van der Waals surface area contributed by atoms with Crippen molar-refractivity contribution >= 4 is 11.7 Å². The first-order valence-corrected chi connectivity index (χ1v) is 7.52. The van der Waals surface area contributed by atoms with Crippen LogP contribution in [0.15, 0.2) is 65.2 Å². The maximum Gasteiger partial charge on any atom is 0.310 e. The SMILES string of the molecule is O=C(Cc1ccc([N+](=O)[O-])cc1)OCc1cc(-c2ccccc2)on1. The lowest BCUT2D eigenvalue weighted by Crippen LogP contribution is -2.08. The minimum absolute atomic E-state index is 0.00213. The van der Waals surface area contributed by atoms with E-state index >= 15 is 0 Å². The monoisotopic (exact) mass is 338 g/mol. The molecular weight excluding hydrogens is 324 g/mol. The molecule has 0 unspecified atom stereocenters. The average Bonchev–Trinajstić information content (AvgIpc) is 3.10. The van der Waals surface area contributed by atoms with E-state index in [1.807, 2.05) is 30.3 Å². The molecule has 1 heterocycles. The van der Waals surface area contributed by atoms with Crippen molar-refractivity contribution in [1.29, 1.82) is 0 Å². The van der Waals surface area contributed by atoms with E-state index in [4.69, 9.17) is 9.26 Å². The number of non-ortho nitro benzene ring substituents is 1. The molecule has 3 rings (SSSR count). The van der Waals surface area contributed by atoms with Crippen molar-refractivity contribution in [3.05, 3.63) is 82.0 Å². The molecule has 0 aliphatic rings. The topological polar surface area (TPSA) is 95.5 Å². The highest BCUT2D eigenvalue weighted by Gasteiger charge is 2.11. The third-order valence-electron chi connectivity index (χ3n) is 3.49. The number of rotatable bonds is 6. The molecule has 1 aromatic heterocycles. The quantitative estimate of drug-likeness (QED) is 0.387. The number of nitrogens with zero attached hydrogens (tertiary/aromatic N) is 2. The first kappa shape index (κ1) is 16.4. The van der Waals surface area contributed by atoms with Gasteiger partial charge in [-0.3, -0.25) is 14.9 Å².